The molecule has 9 heteroatoms. The van der Waals surface area contributed by atoms with Crippen molar-refractivity contribution in [3.05, 3.63) is 41.7 Å². The van der Waals surface area contributed by atoms with Crippen molar-refractivity contribution in [1.29, 1.82) is 0 Å². The highest BCUT2D eigenvalue weighted by molar-refractivity contribution is 6.14. The Kier molecular flexibility index (Phi) is 7.62. The second-order valence-electron chi connectivity index (χ2n) is 10.6. The highest BCUT2D eigenvalue weighted by Crippen LogP contribution is 2.32. The van der Waals surface area contributed by atoms with Crippen molar-refractivity contribution >= 4 is 28.2 Å². The number of rotatable bonds is 8. The standard InChI is InChI=1S/C28H38N6O3/c1-4-24(26-23-13-19(27(35)29-14-18(2)3)5-6-25(23)32-28(26)36)31-20-15-30-34(16-20)21-7-10-33(11-8-21)22-9-12-37-17-22/h5-6,13,15-16,18,21-22,32,36H,4,7-12,14,17H2,1-3H3,(H,29,35). The summed E-state index contributed by atoms with van der Waals surface area (Å²) in [5.74, 6) is 0.310. The van der Waals surface area contributed by atoms with Crippen molar-refractivity contribution in [1.82, 2.24) is 25.0 Å². The summed E-state index contributed by atoms with van der Waals surface area (Å²) in [6.45, 7) is 10.6. The molecule has 0 saturated carbocycles. The molecule has 2 saturated heterocycles. The molecular formula is C28H38N6O3. The van der Waals surface area contributed by atoms with Crippen molar-refractivity contribution in [2.24, 2.45) is 10.9 Å². The van der Waals surface area contributed by atoms with Crippen LogP contribution < -0.4 is 5.32 Å². The van der Waals surface area contributed by atoms with Gasteiger partial charge in [0.2, 0.25) is 0 Å². The molecule has 2 aromatic heterocycles. The van der Waals surface area contributed by atoms with Crippen molar-refractivity contribution in [3.8, 4) is 5.88 Å². The van der Waals surface area contributed by atoms with E-state index in [1.807, 2.05) is 29.9 Å². The Morgan fingerprint density at radius 2 is 2.08 bits per heavy atom. The van der Waals surface area contributed by atoms with Gasteiger partial charge in [-0.3, -0.25) is 14.4 Å². The number of likely N-dealkylation sites (tertiary alicyclic amines) is 1. The summed E-state index contributed by atoms with van der Waals surface area (Å²) in [5.41, 5.74) is 3.48. The molecule has 3 aromatic rings. The van der Waals surface area contributed by atoms with Crippen LogP contribution in [-0.2, 0) is 4.74 Å². The van der Waals surface area contributed by atoms with Gasteiger partial charge in [-0.2, -0.15) is 5.10 Å². The van der Waals surface area contributed by atoms with Gasteiger partial charge in [-0.1, -0.05) is 20.8 Å². The van der Waals surface area contributed by atoms with Gasteiger partial charge in [-0.15, -0.1) is 0 Å². The second-order valence-corrected chi connectivity index (χ2v) is 10.6. The van der Waals surface area contributed by atoms with Gasteiger partial charge in [0.25, 0.3) is 5.91 Å². The maximum Gasteiger partial charge on any atom is 0.251 e. The van der Waals surface area contributed by atoms with Crippen LogP contribution in [0.4, 0.5) is 5.69 Å². The molecule has 5 rings (SSSR count). The van der Waals surface area contributed by atoms with Crippen molar-refractivity contribution < 1.29 is 14.6 Å². The van der Waals surface area contributed by atoms with Gasteiger partial charge in [0.15, 0.2) is 5.88 Å². The van der Waals surface area contributed by atoms with E-state index in [0.29, 0.717) is 42.1 Å². The molecule has 198 valence electrons. The molecule has 2 aliphatic heterocycles. The zero-order chi connectivity index (χ0) is 25.9. The molecule has 37 heavy (non-hydrogen) atoms. The van der Waals surface area contributed by atoms with Crippen LogP contribution in [0.3, 0.4) is 0 Å². The Morgan fingerprint density at radius 3 is 2.78 bits per heavy atom. The second kappa shape index (κ2) is 11.1. The molecule has 2 fully saturated rings. The number of nitrogens with zero attached hydrogens (tertiary/aromatic N) is 4. The Morgan fingerprint density at radius 1 is 1.27 bits per heavy atom. The molecule has 1 unspecified atom stereocenters. The van der Waals surface area contributed by atoms with Gasteiger partial charge in [0.1, 0.15) is 5.69 Å². The van der Waals surface area contributed by atoms with E-state index < -0.39 is 0 Å². The normalized spacial score (nSPS) is 19.8. The molecule has 1 aromatic carbocycles. The van der Waals surface area contributed by atoms with Crippen LogP contribution in [0.1, 0.15) is 68.4 Å². The van der Waals surface area contributed by atoms with Gasteiger partial charge < -0.3 is 20.1 Å². The summed E-state index contributed by atoms with van der Waals surface area (Å²) >= 11 is 0. The minimum absolute atomic E-state index is 0.0611. The Balaban J connectivity index is 1.34. The van der Waals surface area contributed by atoms with Crippen LogP contribution in [0.5, 0.6) is 5.88 Å². The fourth-order valence-corrected chi connectivity index (χ4v) is 5.39. The Labute approximate surface area is 217 Å². The zero-order valence-corrected chi connectivity index (χ0v) is 22.0. The van der Waals surface area contributed by atoms with Crippen LogP contribution in [0.2, 0.25) is 0 Å². The molecule has 0 aliphatic carbocycles. The average Bonchev–Trinajstić information content (AvgIpc) is 3.66. The summed E-state index contributed by atoms with van der Waals surface area (Å²) in [5, 5.41) is 19.1. The molecule has 9 nitrogen and oxygen atoms in total. The number of H-pyrrole nitrogens is 1. The molecular weight excluding hydrogens is 468 g/mol. The van der Waals surface area contributed by atoms with Crippen LogP contribution in [0.25, 0.3) is 10.9 Å². The first kappa shape index (κ1) is 25.5. The molecule has 0 spiro atoms. The predicted octanol–water partition coefficient (Wildman–Crippen LogP) is 4.41. The SMILES string of the molecule is CCC(=Nc1cnn(C2CCN(C3CCOC3)CC2)c1)c1c(O)[nH]c2ccc(C(=O)NCC(C)C)cc12. The summed E-state index contributed by atoms with van der Waals surface area (Å²) in [4.78, 5) is 23.1. The molecule has 0 radical (unpaired) electrons. The van der Waals surface area contributed by atoms with Gasteiger partial charge in [0, 0.05) is 48.7 Å². The number of aliphatic imine (C=N–C) groups is 1. The summed E-state index contributed by atoms with van der Waals surface area (Å²) in [6, 6.07) is 6.36. The number of carbonyl (C=O) groups excluding carboxylic acids is 1. The van der Waals surface area contributed by atoms with Crippen LogP contribution in [-0.4, -0.2) is 75.3 Å². The lowest BCUT2D eigenvalue weighted by Crippen LogP contribution is -2.42. The molecule has 0 bridgehead atoms. The fourth-order valence-electron chi connectivity index (χ4n) is 5.39. The largest absolute Gasteiger partial charge is 0.494 e. The number of aromatic amines is 1. The number of hydrogen-bond acceptors (Lipinski definition) is 6. The van der Waals surface area contributed by atoms with E-state index in [-0.39, 0.29) is 11.8 Å². The van der Waals surface area contributed by atoms with Crippen LogP contribution in [0, 0.1) is 5.92 Å². The quantitative estimate of drug-likeness (QED) is 0.392. The first-order valence-corrected chi connectivity index (χ1v) is 13.5. The Hall–Kier alpha value is -3.17. The van der Waals surface area contributed by atoms with E-state index in [9.17, 15) is 9.90 Å². The van der Waals surface area contributed by atoms with Gasteiger partial charge in [-0.05, 0) is 49.8 Å². The third-order valence-electron chi connectivity index (χ3n) is 7.48. The van der Waals surface area contributed by atoms with Crippen molar-refractivity contribution in [2.75, 3.05) is 32.8 Å². The van der Waals surface area contributed by atoms with E-state index in [1.54, 1.807) is 12.3 Å². The van der Waals surface area contributed by atoms with Crippen molar-refractivity contribution in [3.63, 3.8) is 0 Å². The number of nitrogens with one attached hydrogen (secondary N) is 2. The van der Waals surface area contributed by atoms with Crippen molar-refractivity contribution in [2.45, 2.75) is 58.5 Å². The van der Waals surface area contributed by atoms with Crippen LogP contribution >= 0.6 is 0 Å². The molecule has 4 heterocycles. The number of aromatic nitrogens is 3. The lowest BCUT2D eigenvalue weighted by atomic mass is 10.0. The minimum atomic E-state index is -0.120. The third-order valence-corrected chi connectivity index (χ3v) is 7.48. The number of amides is 1. The average molecular weight is 507 g/mol. The minimum Gasteiger partial charge on any atom is -0.494 e. The van der Waals surface area contributed by atoms with Crippen LogP contribution in [0.15, 0.2) is 35.6 Å². The highest BCUT2D eigenvalue weighted by Gasteiger charge is 2.28. The fraction of sp³-hybridized carbons (Fsp3) is 0.536. The number of ether oxygens (including phenoxy) is 1. The molecule has 3 N–H and O–H groups in total. The number of hydrogen-bond donors (Lipinski definition) is 3. The van der Waals surface area contributed by atoms with E-state index in [1.165, 1.54) is 0 Å². The predicted molar refractivity (Wildman–Crippen MR) is 145 cm³/mol. The Bertz CT molecular complexity index is 1260. The maximum atomic E-state index is 12.7. The van der Waals surface area contributed by atoms with E-state index >= 15 is 0 Å². The lowest BCUT2D eigenvalue weighted by Gasteiger charge is -2.35. The topological polar surface area (TPSA) is 108 Å². The molecule has 1 amide bonds. The van der Waals surface area contributed by atoms with Gasteiger partial charge in [-0.25, -0.2) is 4.99 Å². The summed E-state index contributed by atoms with van der Waals surface area (Å²) in [6.07, 6.45) is 7.68. The number of piperidine rings is 1. The summed E-state index contributed by atoms with van der Waals surface area (Å²) in [7, 11) is 0. The summed E-state index contributed by atoms with van der Waals surface area (Å²) < 4.78 is 7.60. The monoisotopic (exact) mass is 506 g/mol. The van der Waals surface area contributed by atoms with Gasteiger partial charge in [0.05, 0.1) is 36.3 Å². The smallest absolute Gasteiger partial charge is 0.251 e. The molecule has 1 atom stereocenters. The highest BCUT2D eigenvalue weighted by atomic mass is 16.5. The van der Waals surface area contributed by atoms with E-state index in [4.69, 9.17) is 9.73 Å². The maximum absolute atomic E-state index is 12.7. The van der Waals surface area contributed by atoms with E-state index in [0.717, 1.165) is 67.9 Å². The third kappa shape index (κ3) is 5.57. The van der Waals surface area contributed by atoms with E-state index in [2.05, 4.69) is 34.1 Å². The van der Waals surface area contributed by atoms with Gasteiger partial charge >= 0.3 is 0 Å². The number of aromatic hydroxyl groups is 1. The first-order valence-electron chi connectivity index (χ1n) is 13.5. The lowest BCUT2D eigenvalue weighted by molar-refractivity contribution is 0.0949. The molecule has 2 aliphatic rings. The number of fused-ring (bicyclic) bond motifs is 1. The first-order chi connectivity index (χ1) is 17.9. The number of carbonyl (C=O) groups is 1. The zero-order valence-electron chi connectivity index (χ0n) is 22.0. The number of benzene rings is 1.